The van der Waals surface area contributed by atoms with Crippen LogP contribution in [0.25, 0.3) is 0 Å². The van der Waals surface area contributed by atoms with Crippen LogP contribution in [0.1, 0.15) is 12.5 Å². The van der Waals surface area contributed by atoms with Gasteiger partial charge in [0.15, 0.2) is 0 Å². The monoisotopic (exact) mass is 280 g/mol. The fourth-order valence-corrected chi connectivity index (χ4v) is 1.72. The number of esters is 1. The number of benzene rings is 1. The predicted molar refractivity (Wildman–Crippen MR) is 67.1 cm³/mol. The average molecular weight is 281 g/mol. The largest absolute Gasteiger partial charge is 0.462 e. The summed E-state index contributed by atoms with van der Waals surface area (Å²) in [4.78, 5) is 11.5. The molecule has 0 N–H and O–H groups in total. The minimum atomic E-state index is -0.350. The van der Waals surface area contributed by atoms with Crippen molar-refractivity contribution < 1.29 is 9.53 Å². The molecule has 0 fully saturated rings. The van der Waals surface area contributed by atoms with Crippen molar-refractivity contribution in [3.63, 3.8) is 0 Å². The third kappa shape index (κ3) is 3.69. The van der Waals surface area contributed by atoms with Crippen LogP contribution in [0.2, 0.25) is 0 Å². The Labute approximate surface area is 104 Å². The second-order valence-electron chi connectivity index (χ2n) is 3.18. The van der Waals surface area contributed by atoms with Crippen LogP contribution >= 0.6 is 15.9 Å². The summed E-state index contributed by atoms with van der Waals surface area (Å²) in [6.45, 7) is 5.65. The number of hydrogen-bond donors (Lipinski definition) is 0. The second-order valence-corrected chi connectivity index (χ2v) is 4.10. The minimum Gasteiger partial charge on any atom is -0.462 e. The lowest BCUT2D eigenvalue weighted by Gasteiger charge is -2.05. The Bertz CT molecular complexity index is 431. The van der Waals surface area contributed by atoms with Crippen molar-refractivity contribution in [2.75, 3.05) is 6.61 Å². The van der Waals surface area contributed by atoms with Gasteiger partial charge < -0.3 is 4.74 Å². The van der Waals surface area contributed by atoms with Crippen LogP contribution in [0, 0.1) is 0 Å². The lowest BCUT2D eigenvalue weighted by atomic mass is 10.1. The van der Waals surface area contributed by atoms with Gasteiger partial charge in [-0.25, -0.2) is 4.79 Å². The topological polar surface area (TPSA) is 26.3 Å². The summed E-state index contributed by atoms with van der Waals surface area (Å²) >= 11 is 3.38. The third-order valence-corrected chi connectivity index (χ3v) is 2.50. The first-order valence-corrected chi connectivity index (χ1v) is 5.77. The molecule has 0 atom stereocenters. The first kappa shape index (κ1) is 12.8. The standard InChI is InChI=1S/C13H13BrO2/c1-3-11(13(15)16-4-2)8-10-6-5-7-12(14)9-10/h5-7,9H,1,4,8H2,2H3. The van der Waals surface area contributed by atoms with Crippen molar-refractivity contribution in [1.82, 2.24) is 0 Å². The van der Waals surface area contributed by atoms with E-state index < -0.39 is 0 Å². The molecule has 2 nitrogen and oxygen atoms in total. The summed E-state index contributed by atoms with van der Waals surface area (Å²) in [6, 6.07) is 7.76. The van der Waals surface area contributed by atoms with Crippen molar-refractivity contribution in [3.05, 3.63) is 52.2 Å². The van der Waals surface area contributed by atoms with Crippen molar-refractivity contribution >= 4 is 21.9 Å². The maximum Gasteiger partial charge on any atom is 0.342 e. The van der Waals surface area contributed by atoms with E-state index in [2.05, 4.69) is 28.2 Å². The van der Waals surface area contributed by atoms with E-state index in [1.807, 2.05) is 24.3 Å². The SMILES string of the molecule is C=C=C(Cc1cccc(Br)c1)C(=O)OCC. The van der Waals surface area contributed by atoms with E-state index in [0.29, 0.717) is 18.6 Å². The molecule has 84 valence electrons. The Balaban J connectivity index is 2.79. The molecule has 0 spiro atoms. The van der Waals surface area contributed by atoms with Gasteiger partial charge in [-0.15, -0.1) is 5.73 Å². The molecule has 1 aromatic carbocycles. The van der Waals surface area contributed by atoms with Crippen LogP contribution in [0.3, 0.4) is 0 Å². The molecule has 0 heterocycles. The first-order valence-electron chi connectivity index (χ1n) is 4.98. The molecule has 0 saturated carbocycles. The maximum atomic E-state index is 11.5. The van der Waals surface area contributed by atoms with Gasteiger partial charge in [-0.3, -0.25) is 0 Å². The molecule has 16 heavy (non-hydrogen) atoms. The number of ether oxygens (including phenoxy) is 1. The zero-order chi connectivity index (χ0) is 12.0. The van der Waals surface area contributed by atoms with E-state index >= 15 is 0 Å². The van der Waals surface area contributed by atoms with Gasteiger partial charge in [0.2, 0.25) is 0 Å². The molecule has 0 bridgehead atoms. The first-order chi connectivity index (χ1) is 7.67. The molecule has 0 radical (unpaired) electrons. The van der Waals surface area contributed by atoms with Gasteiger partial charge in [-0.2, -0.15) is 0 Å². The van der Waals surface area contributed by atoms with Crippen LogP contribution in [-0.4, -0.2) is 12.6 Å². The Kier molecular flexibility index (Phi) is 5.03. The zero-order valence-electron chi connectivity index (χ0n) is 9.13. The van der Waals surface area contributed by atoms with Crippen LogP contribution < -0.4 is 0 Å². The molecule has 1 rings (SSSR count). The predicted octanol–water partition coefficient (Wildman–Crippen LogP) is 3.27. The van der Waals surface area contributed by atoms with Crippen LogP contribution in [0.4, 0.5) is 0 Å². The van der Waals surface area contributed by atoms with Crippen molar-refractivity contribution in [2.24, 2.45) is 0 Å². The number of hydrogen-bond acceptors (Lipinski definition) is 2. The van der Waals surface area contributed by atoms with Gasteiger partial charge in [0.1, 0.15) is 0 Å². The molecule has 0 aromatic heterocycles. The van der Waals surface area contributed by atoms with E-state index in [-0.39, 0.29) is 5.97 Å². The highest BCUT2D eigenvalue weighted by molar-refractivity contribution is 9.10. The van der Waals surface area contributed by atoms with E-state index in [1.54, 1.807) is 6.92 Å². The Morgan fingerprint density at radius 2 is 2.31 bits per heavy atom. The van der Waals surface area contributed by atoms with E-state index in [9.17, 15) is 4.79 Å². The minimum absolute atomic E-state index is 0.350. The third-order valence-electron chi connectivity index (χ3n) is 2.01. The highest BCUT2D eigenvalue weighted by Gasteiger charge is 2.10. The summed E-state index contributed by atoms with van der Waals surface area (Å²) in [7, 11) is 0. The molecule has 0 aliphatic carbocycles. The Hall–Kier alpha value is -1.31. The van der Waals surface area contributed by atoms with Gasteiger partial charge in [0.25, 0.3) is 0 Å². The van der Waals surface area contributed by atoms with Gasteiger partial charge in [0.05, 0.1) is 12.2 Å². The zero-order valence-corrected chi connectivity index (χ0v) is 10.7. The summed E-state index contributed by atoms with van der Waals surface area (Å²) < 4.78 is 5.89. The lowest BCUT2D eigenvalue weighted by molar-refractivity contribution is -0.138. The molecule has 0 saturated heterocycles. The molecular formula is C13H13BrO2. The van der Waals surface area contributed by atoms with Crippen LogP contribution in [0.5, 0.6) is 0 Å². The fourth-order valence-electron chi connectivity index (χ4n) is 1.28. The molecule has 0 amide bonds. The van der Waals surface area contributed by atoms with E-state index in [4.69, 9.17) is 4.74 Å². The summed E-state index contributed by atoms with van der Waals surface area (Å²) in [5.74, 6) is -0.350. The number of rotatable bonds is 4. The maximum absolute atomic E-state index is 11.5. The summed E-state index contributed by atoms with van der Waals surface area (Å²) in [6.07, 6.45) is 0.488. The summed E-state index contributed by atoms with van der Waals surface area (Å²) in [5, 5.41) is 0. The molecule has 0 aliphatic heterocycles. The highest BCUT2D eigenvalue weighted by Crippen LogP contribution is 2.15. The summed E-state index contributed by atoms with van der Waals surface area (Å²) in [5.41, 5.74) is 4.11. The van der Waals surface area contributed by atoms with Crippen LogP contribution in [-0.2, 0) is 16.0 Å². The number of carbonyl (C=O) groups is 1. The van der Waals surface area contributed by atoms with Gasteiger partial charge in [-0.1, -0.05) is 34.6 Å². The molecule has 0 aliphatic rings. The smallest absolute Gasteiger partial charge is 0.342 e. The second kappa shape index (κ2) is 6.31. The van der Waals surface area contributed by atoms with Gasteiger partial charge >= 0.3 is 5.97 Å². The van der Waals surface area contributed by atoms with Crippen molar-refractivity contribution in [2.45, 2.75) is 13.3 Å². The molecule has 1 aromatic rings. The average Bonchev–Trinajstić information content (AvgIpc) is 2.26. The van der Waals surface area contributed by atoms with E-state index in [1.165, 1.54) is 0 Å². The highest BCUT2D eigenvalue weighted by atomic mass is 79.9. The molecular weight excluding hydrogens is 268 g/mol. The van der Waals surface area contributed by atoms with E-state index in [0.717, 1.165) is 10.0 Å². The van der Waals surface area contributed by atoms with Gasteiger partial charge in [0, 0.05) is 10.9 Å². The normalized spacial score (nSPS) is 9.38. The van der Waals surface area contributed by atoms with Crippen molar-refractivity contribution in [3.8, 4) is 0 Å². The Morgan fingerprint density at radius 3 is 2.88 bits per heavy atom. The Morgan fingerprint density at radius 1 is 1.56 bits per heavy atom. The van der Waals surface area contributed by atoms with Gasteiger partial charge in [-0.05, 0) is 24.6 Å². The number of halogens is 1. The van der Waals surface area contributed by atoms with Crippen LogP contribution in [0.15, 0.2) is 46.6 Å². The fraction of sp³-hybridized carbons (Fsp3) is 0.231. The molecule has 3 heteroatoms. The van der Waals surface area contributed by atoms with Crippen molar-refractivity contribution in [1.29, 1.82) is 0 Å². The lowest BCUT2D eigenvalue weighted by Crippen LogP contribution is -2.09. The number of carbonyl (C=O) groups excluding carboxylic acids is 1. The molecule has 0 unspecified atom stereocenters. The quantitative estimate of drug-likeness (QED) is 0.481.